The number of ether oxygens (including phenoxy) is 1. The van der Waals surface area contributed by atoms with Crippen LogP contribution in [0, 0.1) is 11.3 Å². The molecule has 2 atom stereocenters. The molecule has 1 saturated heterocycles. The van der Waals surface area contributed by atoms with Gasteiger partial charge in [-0.25, -0.2) is 0 Å². The molecule has 2 aromatic heterocycles. The molecule has 2 aliphatic heterocycles. The van der Waals surface area contributed by atoms with Gasteiger partial charge in [-0.1, -0.05) is 54.9 Å². The zero-order chi connectivity index (χ0) is 27.5. The summed E-state index contributed by atoms with van der Waals surface area (Å²) in [5, 5.41) is 20.5. The van der Waals surface area contributed by atoms with Crippen LogP contribution >= 0.6 is 11.6 Å². The fourth-order valence-corrected chi connectivity index (χ4v) is 5.26. The Morgan fingerprint density at radius 2 is 1.95 bits per heavy atom. The molecule has 0 spiro atoms. The van der Waals surface area contributed by atoms with E-state index in [1.165, 1.54) is 0 Å². The smallest absolute Gasteiger partial charge is 0.103 e. The van der Waals surface area contributed by atoms with Crippen molar-refractivity contribution in [2.75, 3.05) is 23.8 Å². The van der Waals surface area contributed by atoms with Crippen LogP contribution in [-0.4, -0.2) is 34.2 Å². The number of benzene rings is 2. The maximum atomic E-state index is 9.98. The predicted octanol–water partition coefficient (Wildman–Crippen LogP) is 5.44. The van der Waals surface area contributed by atoms with Crippen molar-refractivity contribution in [3.63, 3.8) is 0 Å². The molecule has 0 unspecified atom stereocenters. The van der Waals surface area contributed by atoms with Crippen molar-refractivity contribution in [2.24, 2.45) is 0 Å². The molecular formula is C30H29ClN8O. The van der Waals surface area contributed by atoms with Gasteiger partial charge in [-0.2, -0.15) is 5.26 Å². The van der Waals surface area contributed by atoms with Crippen molar-refractivity contribution in [1.29, 1.82) is 5.26 Å². The third-order valence-electron chi connectivity index (χ3n) is 7.24. The highest BCUT2D eigenvalue weighted by Gasteiger charge is 2.30. The van der Waals surface area contributed by atoms with Gasteiger partial charge < -0.3 is 20.8 Å². The van der Waals surface area contributed by atoms with Crippen molar-refractivity contribution >= 4 is 33.9 Å². The number of nitrogens with zero attached hydrogens (tertiary/aromatic N) is 4. The Morgan fingerprint density at radius 1 is 1.12 bits per heavy atom. The van der Waals surface area contributed by atoms with E-state index in [1.54, 1.807) is 12.4 Å². The topological polar surface area (TPSA) is 110 Å². The summed E-state index contributed by atoms with van der Waals surface area (Å²) in [6.45, 7) is 3.47. The van der Waals surface area contributed by atoms with Crippen LogP contribution in [0.4, 0.5) is 11.4 Å². The highest BCUT2D eigenvalue weighted by atomic mass is 35.5. The van der Waals surface area contributed by atoms with Crippen molar-refractivity contribution in [1.82, 2.24) is 25.9 Å². The zero-order valence-electron chi connectivity index (χ0n) is 21.9. The first kappa shape index (κ1) is 25.9. The van der Waals surface area contributed by atoms with E-state index in [1.807, 2.05) is 53.7 Å². The monoisotopic (exact) mass is 552 g/mol. The van der Waals surface area contributed by atoms with Gasteiger partial charge in [-0.05, 0) is 35.7 Å². The summed E-state index contributed by atoms with van der Waals surface area (Å²) in [4.78, 5) is 8.88. The molecule has 2 aromatic carbocycles. The Labute approximate surface area is 237 Å². The molecule has 4 aromatic rings. The van der Waals surface area contributed by atoms with E-state index < -0.39 is 0 Å². The lowest BCUT2D eigenvalue weighted by Gasteiger charge is -2.33. The molecule has 0 saturated carbocycles. The Kier molecular flexibility index (Phi) is 7.38. The van der Waals surface area contributed by atoms with Gasteiger partial charge in [-0.15, -0.1) is 5.53 Å². The Hall–Kier alpha value is -4.36. The molecule has 10 heteroatoms. The van der Waals surface area contributed by atoms with Crippen molar-refractivity contribution in [3.8, 4) is 6.07 Å². The van der Waals surface area contributed by atoms with Crippen LogP contribution in [0.25, 0.3) is 10.9 Å². The van der Waals surface area contributed by atoms with E-state index in [4.69, 9.17) is 16.3 Å². The van der Waals surface area contributed by atoms with Crippen LogP contribution in [0.1, 0.15) is 42.1 Å². The van der Waals surface area contributed by atoms with Crippen LogP contribution in [0.5, 0.6) is 0 Å². The first-order valence-corrected chi connectivity index (χ1v) is 13.6. The van der Waals surface area contributed by atoms with Gasteiger partial charge in [0.05, 0.1) is 58.8 Å². The number of fused-ring (bicyclic) bond motifs is 1. The Balaban J connectivity index is 1.39. The summed E-state index contributed by atoms with van der Waals surface area (Å²) in [6, 6.07) is 20.4. The van der Waals surface area contributed by atoms with Crippen LogP contribution in [0.15, 0.2) is 85.1 Å². The van der Waals surface area contributed by atoms with Gasteiger partial charge in [0, 0.05) is 35.9 Å². The molecule has 9 nitrogen and oxygen atoms in total. The number of nitrogens with one attached hydrogen (secondary N) is 4. The third-order valence-corrected chi connectivity index (χ3v) is 7.52. The van der Waals surface area contributed by atoms with Gasteiger partial charge >= 0.3 is 0 Å². The minimum atomic E-state index is -0.253. The fraction of sp³-hybridized carbons (Fsp3) is 0.233. The average Bonchev–Trinajstić information content (AvgIpc) is 3.43. The third kappa shape index (κ3) is 5.12. The summed E-state index contributed by atoms with van der Waals surface area (Å²) >= 11 is 6.81. The molecule has 0 radical (unpaired) electrons. The summed E-state index contributed by atoms with van der Waals surface area (Å²) in [7, 11) is 0. The van der Waals surface area contributed by atoms with Crippen LogP contribution in [0.2, 0.25) is 5.02 Å². The lowest BCUT2D eigenvalue weighted by atomic mass is 10.0. The van der Waals surface area contributed by atoms with Gasteiger partial charge in [0.15, 0.2) is 0 Å². The fourth-order valence-electron chi connectivity index (χ4n) is 4.99. The molecule has 0 amide bonds. The second-order valence-corrected chi connectivity index (χ2v) is 10.2. The number of hydrogen-bond donors (Lipinski definition) is 4. The van der Waals surface area contributed by atoms with E-state index in [9.17, 15) is 5.26 Å². The lowest BCUT2D eigenvalue weighted by molar-refractivity contribution is -0.0635. The minimum absolute atomic E-state index is 0.0119. The number of pyridine rings is 2. The molecule has 1 fully saturated rings. The summed E-state index contributed by atoms with van der Waals surface area (Å²) in [5.41, 5.74) is 12.1. The lowest BCUT2D eigenvalue weighted by Crippen LogP contribution is -2.52. The quantitative estimate of drug-likeness (QED) is 0.216. The number of hydrogen-bond acceptors (Lipinski definition) is 9. The van der Waals surface area contributed by atoms with Gasteiger partial charge in [0.1, 0.15) is 6.07 Å². The van der Waals surface area contributed by atoms with Crippen molar-refractivity contribution in [2.45, 2.75) is 31.5 Å². The normalized spacial score (nSPS) is 16.4. The van der Waals surface area contributed by atoms with Crippen molar-refractivity contribution in [3.05, 3.63) is 107 Å². The molecule has 6 rings (SSSR count). The Morgan fingerprint density at radius 3 is 2.65 bits per heavy atom. The number of hydrazine groups is 2. The zero-order valence-corrected chi connectivity index (χ0v) is 22.7. The number of aromatic nitrogens is 2. The average molecular weight is 553 g/mol. The number of anilines is 2. The number of halogens is 1. The molecular weight excluding hydrogens is 524 g/mol. The van der Waals surface area contributed by atoms with E-state index in [2.05, 4.69) is 62.9 Å². The van der Waals surface area contributed by atoms with Crippen molar-refractivity contribution < 1.29 is 4.74 Å². The van der Waals surface area contributed by atoms with Crippen LogP contribution < -0.4 is 21.6 Å². The Bertz CT molecular complexity index is 1570. The van der Waals surface area contributed by atoms with E-state index in [-0.39, 0.29) is 18.1 Å². The van der Waals surface area contributed by atoms with Gasteiger partial charge in [0.25, 0.3) is 0 Å². The predicted molar refractivity (Wildman–Crippen MR) is 156 cm³/mol. The SMILES string of the molecule is CC[C@@H](Nc1c(C#N)cnc2c(Cl)cc(N[C@H](C3=CN(C4COC4)NN3)c3cccnc3)cc12)c1ccccc1. The van der Waals surface area contributed by atoms with Gasteiger partial charge in [0.2, 0.25) is 0 Å². The van der Waals surface area contributed by atoms with Crippen LogP contribution in [-0.2, 0) is 4.74 Å². The molecule has 202 valence electrons. The van der Waals surface area contributed by atoms with E-state index in [0.717, 1.165) is 34.3 Å². The first-order chi connectivity index (χ1) is 19.6. The number of nitriles is 1. The second-order valence-electron chi connectivity index (χ2n) is 9.81. The highest BCUT2D eigenvalue weighted by Crippen LogP contribution is 2.37. The first-order valence-electron chi connectivity index (χ1n) is 13.2. The molecule has 4 heterocycles. The largest absolute Gasteiger partial charge is 0.377 e. The molecule has 0 bridgehead atoms. The van der Waals surface area contributed by atoms with E-state index >= 15 is 0 Å². The molecule has 4 N–H and O–H groups in total. The maximum Gasteiger partial charge on any atom is 0.103 e. The van der Waals surface area contributed by atoms with Gasteiger partial charge in [-0.3, -0.25) is 15.0 Å². The standard InChI is InChI=1S/C30H29ClN8O/c1-2-26(19-7-4-3-5-8-19)36-28-21(13-32)15-34-30-24(28)11-22(12-25(30)31)35-29(20-9-6-10-33-14-20)27-16-39(38-37-27)23-17-40-18-23/h3-12,14-16,23,26,29,35,37-38H,2,17-18H2,1H3,(H,34,36)/t26-,29+/m1/s1. The number of rotatable bonds is 9. The van der Waals surface area contributed by atoms with Crippen LogP contribution in [0.3, 0.4) is 0 Å². The molecule has 0 aliphatic carbocycles. The summed E-state index contributed by atoms with van der Waals surface area (Å²) in [6.07, 6.45) is 8.06. The summed E-state index contributed by atoms with van der Waals surface area (Å²) in [5.74, 6) is 0. The second kappa shape index (κ2) is 11.4. The maximum absolute atomic E-state index is 9.98. The van der Waals surface area contributed by atoms with E-state index in [0.29, 0.717) is 35.0 Å². The molecule has 2 aliphatic rings. The minimum Gasteiger partial charge on any atom is -0.377 e. The molecule has 40 heavy (non-hydrogen) atoms. The highest BCUT2D eigenvalue weighted by molar-refractivity contribution is 6.35. The summed E-state index contributed by atoms with van der Waals surface area (Å²) < 4.78 is 5.36.